The Morgan fingerprint density at radius 3 is 2.49 bits per heavy atom. The second-order valence-electron chi connectivity index (χ2n) is 11.0. The van der Waals surface area contributed by atoms with Crippen LogP contribution in [0.15, 0.2) is 64.9 Å². The molecule has 0 radical (unpaired) electrons. The van der Waals surface area contributed by atoms with Gasteiger partial charge in [-0.25, -0.2) is 18.7 Å². The van der Waals surface area contributed by atoms with E-state index in [2.05, 4.69) is 46.7 Å². The number of fused-ring (bicyclic) bond motifs is 1. The van der Waals surface area contributed by atoms with Crippen LogP contribution in [-0.2, 0) is 0 Å². The van der Waals surface area contributed by atoms with Crippen LogP contribution in [0.3, 0.4) is 0 Å². The Balaban J connectivity index is 1.64. The highest BCUT2D eigenvalue weighted by molar-refractivity contribution is 7.13. The Bertz CT molecular complexity index is 1830. The molecule has 0 unspecified atom stereocenters. The van der Waals surface area contributed by atoms with Crippen LogP contribution in [0.1, 0.15) is 43.1 Å². The lowest BCUT2D eigenvalue weighted by atomic mass is 9.99. The minimum atomic E-state index is -0.908. The molecule has 222 valence electrons. The summed E-state index contributed by atoms with van der Waals surface area (Å²) < 4.78 is 30.9. The van der Waals surface area contributed by atoms with Crippen molar-refractivity contribution >= 4 is 39.4 Å². The summed E-state index contributed by atoms with van der Waals surface area (Å²) in [4.78, 5) is 39.6. The van der Waals surface area contributed by atoms with Crippen molar-refractivity contribution in [3.63, 3.8) is 0 Å². The number of amides is 1. The minimum Gasteiger partial charge on any atom is -0.354 e. The van der Waals surface area contributed by atoms with Gasteiger partial charge in [0.15, 0.2) is 10.8 Å². The van der Waals surface area contributed by atoms with Crippen molar-refractivity contribution in [1.82, 2.24) is 24.8 Å². The van der Waals surface area contributed by atoms with E-state index in [1.807, 2.05) is 6.92 Å². The number of rotatable bonds is 9. The fraction of sp³-hybridized carbons (Fsp3) is 0.258. The molecule has 2 aromatic carbocycles. The highest BCUT2D eigenvalue weighted by Gasteiger charge is 2.21. The molecule has 0 saturated carbocycles. The van der Waals surface area contributed by atoms with Crippen LogP contribution in [-0.4, -0.2) is 44.1 Å². The number of anilines is 2. The third-order valence-electron chi connectivity index (χ3n) is 6.61. The van der Waals surface area contributed by atoms with Gasteiger partial charge < -0.3 is 10.6 Å². The summed E-state index contributed by atoms with van der Waals surface area (Å²) in [6.45, 7) is 9.32. The number of aromatic nitrogens is 4. The molecule has 0 saturated heterocycles. The zero-order valence-electron chi connectivity index (χ0n) is 24.2. The fourth-order valence-electron chi connectivity index (χ4n) is 4.54. The monoisotopic (exact) mass is 603 g/mol. The second-order valence-corrected chi connectivity index (χ2v) is 11.9. The Labute approximate surface area is 251 Å². The fourth-order valence-corrected chi connectivity index (χ4v) is 5.07. The largest absolute Gasteiger partial charge is 0.354 e. The first kappa shape index (κ1) is 29.9. The number of nitrogens with zero attached hydrogens (tertiary/aromatic N) is 4. The van der Waals surface area contributed by atoms with E-state index in [-0.39, 0.29) is 23.0 Å². The zero-order chi connectivity index (χ0) is 30.7. The summed E-state index contributed by atoms with van der Waals surface area (Å²) in [6, 6.07) is 11.3. The summed E-state index contributed by atoms with van der Waals surface area (Å²) in [6.07, 6.45) is 2.34. The van der Waals surface area contributed by atoms with Crippen molar-refractivity contribution in [3.8, 4) is 16.9 Å². The van der Waals surface area contributed by atoms with Crippen molar-refractivity contribution in [2.75, 3.05) is 23.7 Å². The Hall–Kier alpha value is -4.55. The van der Waals surface area contributed by atoms with Gasteiger partial charge in [-0.3, -0.25) is 19.5 Å². The number of hydrogen-bond acceptors (Lipinski definition) is 8. The molecule has 0 bridgehead atoms. The van der Waals surface area contributed by atoms with Gasteiger partial charge in [-0.15, -0.1) is 11.3 Å². The first-order valence-corrected chi connectivity index (χ1v) is 14.6. The van der Waals surface area contributed by atoms with Crippen LogP contribution >= 0.6 is 11.3 Å². The maximum atomic E-state index is 15.0. The first-order valence-electron chi connectivity index (χ1n) is 13.7. The molecule has 3 N–H and O–H groups in total. The summed E-state index contributed by atoms with van der Waals surface area (Å²) in [7, 11) is 0. The van der Waals surface area contributed by atoms with E-state index in [0.717, 1.165) is 35.2 Å². The number of pyridine rings is 1. The quantitative estimate of drug-likeness (QED) is 0.179. The van der Waals surface area contributed by atoms with Gasteiger partial charge >= 0.3 is 0 Å². The van der Waals surface area contributed by atoms with E-state index in [1.54, 1.807) is 29.8 Å². The van der Waals surface area contributed by atoms with Gasteiger partial charge in [0.2, 0.25) is 5.95 Å². The maximum absolute atomic E-state index is 15.0. The molecule has 0 aliphatic heterocycles. The highest BCUT2D eigenvalue weighted by atomic mass is 32.1. The molecule has 43 heavy (non-hydrogen) atoms. The maximum Gasteiger partial charge on any atom is 0.257 e. The first-order chi connectivity index (χ1) is 20.5. The third-order valence-corrected chi connectivity index (χ3v) is 7.30. The van der Waals surface area contributed by atoms with Gasteiger partial charge in [0.05, 0.1) is 5.69 Å². The molecular weight excluding hydrogens is 572 g/mol. The Kier molecular flexibility index (Phi) is 8.60. The van der Waals surface area contributed by atoms with E-state index in [1.165, 1.54) is 29.5 Å². The lowest BCUT2D eigenvalue weighted by Crippen LogP contribution is -2.36. The van der Waals surface area contributed by atoms with Crippen molar-refractivity contribution in [2.24, 2.45) is 0 Å². The molecular formula is C31H31F2N7O2S. The number of thiazole rings is 1. The van der Waals surface area contributed by atoms with Crippen LogP contribution in [0, 0.1) is 18.6 Å². The molecule has 0 aliphatic rings. The lowest BCUT2D eigenvalue weighted by Gasteiger charge is -2.20. The van der Waals surface area contributed by atoms with Gasteiger partial charge in [0.1, 0.15) is 17.3 Å². The van der Waals surface area contributed by atoms with E-state index in [9.17, 15) is 18.4 Å². The van der Waals surface area contributed by atoms with Crippen molar-refractivity contribution in [2.45, 2.75) is 39.7 Å². The zero-order valence-corrected chi connectivity index (χ0v) is 25.0. The SMILES string of the molecule is Cc1ccc(C(=O)Nc2nccs2)cc1-c1nc(NCCCNC(C)(C)C)nc2c1ccc(=O)n2-c1c(F)cccc1F. The van der Waals surface area contributed by atoms with Crippen molar-refractivity contribution in [1.29, 1.82) is 0 Å². The van der Waals surface area contributed by atoms with E-state index in [0.29, 0.717) is 33.9 Å². The topological polar surface area (TPSA) is 114 Å². The number of para-hydroxylation sites is 1. The van der Waals surface area contributed by atoms with E-state index < -0.39 is 22.9 Å². The van der Waals surface area contributed by atoms with Gasteiger partial charge in [0, 0.05) is 46.2 Å². The van der Waals surface area contributed by atoms with Gasteiger partial charge in [-0.2, -0.15) is 4.98 Å². The number of carbonyl (C=O) groups excluding carboxylic acids is 1. The summed E-state index contributed by atoms with van der Waals surface area (Å²) >= 11 is 1.30. The van der Waals surface area contributed by atoms with Crippen LogP contribution < -0.4 is 21.5 Å². The average Bonchev–Trinajstić information content (AvgIpc) is 3.46. The number of carbonyl (C=O) groups is 1. The summed E-state index contributed by atoms with van der Waals surface area (Å²) in [5.41, 5.74) is 0.934. The van der Waals surface area contributed by atoms with Gasteiger partial charge in [-0.05, 0) is 76.6 Å². The molecule has 0 aliphatic carbocycles. The summed E-state index contributed by atoms with van der Waals surface area (Å²) in [5.74, 6) is -2.00. The van der Waals surface area contributed by atoms with Crippen LogP contribution in [0.5, 0.6) is 0 Å². The number of benzene rings is 2. The Morgan fingerprint density at radius 1 is 1.02 bits per heavy atom. The molecule has 1 amide bonds. The number of hydrogen-bond donors (Lipinski definition) is 3. The Morgan fingerprint density at radius 2 is 1.79 bits per heavy atom. The highest BCUT2D eigenvalue weighted by Crippen LogP contribution is 2.32. The lowest BCUT2D eigenvalue weighted by molar-refractivity contribution is 0.102. The molecule has 0 atom stereocenters. The summed E-state index contributed by atoms with van der Waals surface area (Å²) in [5, 5.41) is 12.0. The number of halogens is 2. The molecule has 9 nitrogen and oxygen atoms in total. The minimum absolute atomic E-state index is 0.0221. The molecule has 3 aromatic heterocycles. The van der Waals surface area contributed by atoms with Crippen LogP contribution in [0.4, 0.5) is 19.9 Å². The smallest absolute Gasteiger partial charge is 0.257 e. The van der Waals surface area contributed by atoms with Crippen molar-refractivity contribution < 1.29 is 13.6 Å². The number of nitrogens with one attached hydrogen (secondary N) is 3. The van der Waals surface area contributed by atoms with Gasteiger partial charge in [-0.1, -0.05) is 12.1 Å². The predicted octanol–water partition coefficient (Wildman–Crippen LogP) is 5.93. The predicted molar refractivity (Wildman–Crippen MR) is 166 cm³/mol. The van der Waals surface area contributed by atoms with Crippen LogP contribution in [0.25, 0.3) is 28.0 Å². The number of aryl methyl sites for hydroxylation is 1. The molecule has 0 spiro atoms. The normalized spacial score (nSPS) is 11.6. The van der Waals surface area contributed by atoms with Crippen molar-refractivity contribution in [3.05, 3.63) is 93.2 Å². The average molecular weight is 604 g/mol. The standard InChI is InChI=1S/C31H31F2N7O2S/c1-18-9-10-19(28(42)39-30-35-15-16-43-30)17-21(18)25-20-11-12-24(41)40(26-22(32)7-5-8-23(26)33)27(20)38-29(37-25)34-13-6-14-36-31(2,3)4/h5,7-12,15-17,36H,6,13-14H2,1-4H3,(H,34,37,38)(H,35,39,42). The molecule has 5 rings (SSSR count). The molecule has 5 aromatic rings. The van der Waals surface area contributed by atoms with Crippen LogP contribution in [0.2, 0.25) is 0 Å². The molecule has 3 heterocycles. The van der Waals surface area contributed by atoms with E-state index in [4.69, 9.17) is 4.98 Å². The van der Waals surface area contributed by atoms with Gasteiger partial charge in [0.25, 0.3) is 11.5 Å². The molecule has 0 fully saturated rings. The second kappa shape index (κ2) is 12.4. The molecule has 12 heteroatoms. The van der Waals surface area contributed by atoms with E-state index >= 15 is 0 Å². The third kappa shape index (κ3) is 6.76.